The number of hydrogen-bond donors (Lipinski definition) is 5. The van der Waals surface area contributed by atoms with Crippen LogP contribution in [0.15, 0.2) is 65.9 Å². The molecule has 0 bridgehead atoms. The van der Waals surface area contributed by atoms with Crippen molar-refractivity contribution in [2.45, 2.75) is 25.0 Å². The van der Waals surface area contributed by atoms with Crippen molar-refractivity contribution in [3.8, 4) is 0 Å². The highest BCUT2D eigenvalue weighted by Gasteiger charge is 2.13. The van der Waals surface area contributed by atoms with Gasteiger partial charge in [-0.05, 0) is 55.1 Å². The van der Waals surface area contributed by atoms with Crippen LogP contribution >= 0.6 is 23.2 Å². The number of benzene rings is 2. The Morgan fingerprint density at radius 2 is 1.65 bits per heavy atom. The van der Waals surface area contributed by atoms with Crippen LogP contribution in [0.2, 0.25) is 10.0 Å². The van der Waals surface area contributed by atoms with E-state index < -0.39 is 12.2 Å². The Morgan fingerprint density at radius 3 is 2.35 bits per heavy atom. The second-order valence-corrected chi connectivity index (χ2v) is 8.31. The van der Waals surface area contributed by atoms with Gasteiger partial charge in [0.1, 0.15) is 0 Å². The van der Waals surface area contributed by atoms with Crippen molar-refractivity contribution in [1.82, 2.24) is 10.6 Å². The summed E-state index contributed by atoms with van der Waals surface area (Å²) in [6.45, 7) is 1.56. The first-order valence-corrected chi connectivity index (χ1v) is 11.0. The molecule has 2 aromatic rings. The third kappa shape index (κ3) is 6.99. The number of hydrogen-bond acceptors (Lipinski definition) is 5. The lowest BCUT2D eigenvalue weighted by atomic mass is 10.00. The van der Waals surface area contributed by atoms with Gasteiger partial charge < -0.3 is 26.6 Å². The quantitative estimate of drug-likeness (QED) is 0.269. The average molecular weight is 461 g/mol. The molecule has 5 nitrogen and oxygen atoms in total. The molecule has 3 rings (SSSR count). The summed E-state index contributed by atoms with van der Waals surface area (Å²) in [6.07, 6.45) is 6.78. The van der Waals surface area contributed by atoms with Crippen LogP contribution in [0.25, 0.3) is 0 Å². The van der Waals surface area contributed by atoms with E-state index in [1.807, 2.05) is 30.3 Å². The molecule has 0 aliphatic heterocycles. The first kappa shape index (κ1) is 23.6. The lowest BCUT2D eigenvalue weighted by molar-refractivity contribution is 0.175. The van der Waals surface area contributed by atoms with E-state index in [0.717, 1.165) is 30.6 Å². The first-order chi connectivity index (χ1) is 14.9. The molecule has 31 heavy (non-hydrogen) atoms. The van der Waals surface area contributed by atoms with Gasteiger partial charge in [0.2, 0.25) is 0 Å². The van der Waals surface area contributed by atoms with Crippen LogP contribution in [0.4, 0.5) is 5.69 Å². The van der Waals surface area contributed by atoms with Crippen LogP contribution in [0.1, 0.15) is 36.2 Å². The van der Waals surface area contributed by atoms with Gasteiger partial charge >= 0.3 is 0 Å². The van der Waals surface area contributed by atoms with Gasteiger partial charge in [-0.3, -0.25) is 0 Å². The molecule has 6 N–H and O–H groups in total. The second kappa shape index (κ2) is 11.6. The SMILES string of the molecule is Nc1c(Cl)cc(C(O)CNCCC2=CC(NCC(O)c3ccccc3)=CC[CH]2)cc1Cl. The predicted molar refractivity (Wildman–Crippen MR) is 128 cm³/mol. The van der Waals surface area contributed by atoms with Gasteiger partial charge in [0.15, 0.2) is 0 Å². The number of nitrogens with two attached hydrogens (primary N) is 1. The van der Waals surface area contributed by atoms with Crippen molar-refractivity contribution in [2.24, 2.45) is 0 Å². The molecule has 0 heterocycles. The summed E-state index contributed by atoms with van der Waals surface area (Å²) in [4.78, 5) is 0. The number of anilines is 1. The Balaban J connectivity index is 1.42. The summed E-state index contributed by atoms with van der Waals surface area (Å²) in [5.41, 5.74) is 9.81. The number of allylic oxidation sites excluding steroid dienone is 2. The van der Waals surface area contributed by atoms with Gasteiger partial charge in [0.25, 0.3) is 0 Å². The van der Waals surface area contributed by atoms with Gasteiger partial charge in [-0.1, -0.05) is 65.2 Å². The monoisotopic (exact) mass is 460 g/mol. The Kier molecular flexibility index (Phi) is 8.81. The molecule has 2 aromatic carbocycles. The minimum atomic E-state index is -0.725. The zero-order chi connectivity index (χ0) is 22.2. The lowest BCUT2D eigenvalue weighted by Crippen LogP contribution is -2.24. The number of halogens is 2. The maximum Gasteiger partial charge on any atom is 0.0962 e. The molecule has 0 aromatic heterocycles. The van der Waals surface area contributed by atoms with Crippen LogP contribution < -0.4 is 16.4 Å². The third-order valence-electron chi connectivity index (χ3n) is 5.16. The Hall–Kier alpha value is -2.02. The second-order valence-electron chi connectivity index (χ2n) is 7.49. The van der Waals surface area contributed by atoms with Gasteiger partial charge in [-0.15, -0.1) is 0 Å². The number of aliphatic hydroxyl groups excluding tert-OH is 2. The van der Waals surface area contributed by atoms with Crippen molar-refractivity contribution < 1.29 is 10.2 Å². The van der Waals surface area contributed by atoms with Crippen molar-refractivity contribution >= 4 is 28.9 Å². The highest BCUT2D eigenvalue weighted by Crippen LogP contribution is 2.31. The molecular weight excluding hydrogens is 433 g/mol. The molecular formula is C24H28Cl2N3O2. The first-order valence-electron chi connectivity index (χ1n) is 10.3. The Labute approximate surface area is 193 Å². The number of nitrogen functional groups attached to an aromatic ring is 1. The highest BCUT2D eigenvalue weighted by atomic mass is 35.5. The van der Waals surface area contributed by atoms with Crippen LogP contribution in [-0.2, 0) is 0 Å². The van der Waals surface area contributed by atoms with Crippen molar-refractivity contribution in [2.75, 3.05) is 25.4 Å². The zero-order valence-corrected chi connectivity index (χ0v) is 18.7. The third-order valence-corrected chi connectivity index (χ3v) is 5.78. The molecule has 165 valence electrons. The maximum atomic E-state index is 10.4. The average Bonchev–Trinajstić information content (AvgIpc) is 2.79. The minimum Gasteiger partial charge on any atom is -0.396 e. The fourth-order valence-corrected chi connectivity index (χ4v) is 3.85. The van der Waals surface area contributed by atoms with E-state index in [9.17, 15) is 10.2 Å². The van der Waals surface area contributed by atoms with Crippen molar-refractivity contribution in [3.63, 3.8) is 0 Å². The number of nitrogens with one attached hydrogen (secondary N) is 2. The molecule has 1 aliphatic rings. The van der Waals surface area contributed by atoms with E-state index in [4.69, 9.17) is 28.9 Å². The molecule has 2 atom stereocenters. The largest absolute Gasteiger partial charge is 0.396 e. The zero-order valence-electron chi connectivity index (χ0n) is 17.2. The van der Waals surface area contributed by atoms with Crippen LogP contribution in [0, 0.1) is 6.42 Å². The Morgan fingerprint density at radius 1 is 0.968 bits per heavy atom. The molecule has 1 aliphatic carbocycles. The standard InChI is InChI=1S/C24H28Cl2N3O2/c25-20-12-18(13-21(26)24(20)27)22(30)14-28-10-9-16-5-4-8-19(11-16)29-15-23(31)17-6-2-1-3-7-17/h1-3,5-8,11-13,22-23,28-31H,4,9-10,14-15,27H2. The van der Waals surface area contributed by atoms with Gasteiger partial charge in [0.05, 0.1) is 27.9 Å². The van der Waals surface area contributed by atoms with E-state index in [-0.39, 0.29) is 0 Å². The van der Waals surface area contributed by atoms with Crippen LogP contribution in [0.3, 0.4) is 0 Å². The van der Waals surface area contributed by atoms with E-state index in [1.165, 1.54) is 5.57 Å². The molecule has 2 unspecified atom stereocenters. The van der Waals surface area contributed by atoms with Gasteiger partial charge in [-0.25, -0.2) is 0 Å². The maximum absolute atomic E-state index is 10.4. The summed E-state index contributed by atoms with van der Waals surface area (Å²) >= 11 is 12.1. The summed E-state index contributed by atoms with van der Waals surface area (Å²) in [6, 6.07) is 12.9. The number of aliphatic hydroxyl groups is 2. The topological polar surface area (TPSA) is 90.5 Å². The lowest BCUT2D eigenvalue weighted by Gasteiger charge is -2.18. The molecule has 0 fully saturated rings. The van der Waals surface area contributed by atoms with Crippen LogP contribution in [-0.4, -0.2) is 29.8 Å². The normalized spacial score (nSPS) is 15.7. The molecule has 7 heteroatoms. The molecule has 0 spiro atoms. The highest BCUT2D eigenvalue weighted by molar-refractivity contribution is 6.38. The van der Waals surface area contributed by atoms with Gasteiger partial charge in [-0.2, -0.15) is 0 Å². The summed E-state index contributed by atoms with van der Waals surface area (Å²) in [7, 11) is 0. The smallest absolute Gasteiger partial charge is 0.0962 e. The van der Waals surface area contributed by atoms with Crippen molar-refractivity contribution in [1.29, 1.82) is 0 Å². The fourth-order valence-electron chi connectivity index (χ4n) is 3.35. The van der Waals surface area contributed by atoms with E-state index in [1.54, 1.807) is 12.1 Å². The van der Waals surface area contributed by atoms with E-state index in [2.05, 4.69) is 29.2 Å². The predicted octanol–water partition coefficient (Wildman–Crippen LogP) is 4.33. The number of rotatable bonds is 10. The molecule has 0 amide bonds. The fraction of sp³-hybridized carbons (Fsp3) is 0.292. The van der Waals surface area contributed by atoms with Crippen molar-refractivity contribution in [3.05, 3.63) is 93.5 Å². The molecule has 0 saturated heterocycles. The van der Waals surface area contributed by atoms with E-state index >= 15 is 0 Å². The van der Waals surface area contributed by atoms with Gasteiger partial charge in [0, 0.05) is 18.8 Å². The summed E-state index contributed by atoms with van der Waals surface area (Å²) in [5, 5.41) is 27.9. The van der Waals surface area contributed by atoms with E-state index in [0.29, 0.717) is 34.4 Å². The Bertz CT molecular complexity index is 909. The summed E-state index contributed by atoms with van der Waals surface area (Å²) < 4.78 is 0. The van der Waals surface area contributed by atoms with Crippen LogP contribution in [0.5, 0.6) is 0 Å². The summed E-state index contributed by atoms with van der Waals surface area (Å²) in [5.74, 6) is 0. The molecule has 0 saturated carbocycles. The molecule has 1 radical (unpaired) electrons. The minimum absolute atomic E-state index is 0.320.